The van der Waals surface area contributed by atoms with Gasteiger partial charge in [-0.15, -0.1) is 0 Å². The Kier molecular flexibility index (Phi) is 7.90. The first-order chi connectivity index (χ1) is 15.9. The molecule has 1 aliphatic heterocycles. The quantitative estimate of drug-likeness (QED) is 0.595. The van der Waals surface area contributed by atoms with Gasteiger partial charge in [0.15, 0.2) is 9.84 Å². The molecule has 1 aliphatic carbocycles. The summed E-state index contributed by atoms with van der Waals surface area (Å²) in [6, 6.07) is 2.38. The maximum Gasteiger partial charge on any atom is 0.154 e. The predicted molar refractivity (Wildman–Crippen MR) is 132 cm³/mol. The van der Waals surface area contributed by atoms with E-state index in [1.165, 1.54) is 0 Å². The molecule has 33 heavy (non-hydrogen) atoms. The summed E-state index contributed by atoms with van der Waals surface area (Å²) < 4.78 is 30.7. The summed E-state index contributed by atoms with van der Waals surface area (Å²) in [5.41, 5.74) is 0.846. The van der Waals surface area contributed by atoms with Gasteiger partial charge in [0, 0.05) is 46.1 Å². The number of aromatic nitrogens is 3. The molecule has 0 unspecified atom stereocenters. The van der Waals surface area contributed by atoms with Crippen LogP contribution in [0.1, 0.15) is 38.5 Å². The van der Waals surface area contributed by atoms with E-state index in [-0.39, 0.29) is 11.7 Å². The van der Waals surface area contributed by atoms with E-state index in [9.17, 15) is 8.42 Å². The van der Waals surface area contributed by atoms with E-state index < -0.39 is 9.84 Å². The van der Waals surface area contributed by atoms with E-state index >= 15 is 0 Å². The third-order valence-corrected chi connectivity index (χ3v) is 8.92. The van der Waals surface area contributed by atoms with Crippen LogP contribution in [0, 0.1) is 11.8 Å². The van der Waals surface area contributed by atoms with Crippen molar-refractivity contribution >= 4 is 26.7 Å². The number of aromatic amines is 1. The minimum atomic E-state index is -3.08. The molecule has 0 aromatic carbocycles. The molecule has 1 saturated heterocycles. The Balaban J connectivity index is 1.22. The van der Waals surface area contributed by atoms with Crippen LogP contribution in [0.5, 0.6) is 0 Å². The number of likely N-dealkylation sites (tertiary alicyclic amines) is 1. The first-order valence-corrected chi connectivity index (χ1v) is 13.9. The molecule has 4 rings (SSSR count). The third-order valence-electron chi connectivity index (χ3n) is 7.24. The van der Waals surface area contributed by atoms with Crippen molar-refractivity contribution in [1.82, 2.24) is 19.9 Å². The molecular formula is C24H37N5O3S. The normalized spacial score (nSPS) is 22.9. The summed E-state index contributed by atoms with van der Waals surface area (Å²) >= 11 is 0. The molecule has 9 heteroatoms. The summed E-state index contributed by atoms with van der Waals surface area (Å²) in [4.78, 5) is 16.4. The van der Waals surface area contributed by atoms with Crippen LogP contribution in [0.4, 0.5) is 5.82 Å². The highest BCUT2D eigenvalue weighted by Crippen LogP contribution is 2.32. The lowest BCUT2D eigenvalue weighted by Gasteiger charge is -2.35. The summed E-state index contributed by atoms with van der Waals surface area (Å²) in [5.74, 6) is 2.24. The number of methoxy groups -OCH3 is 1. The number of hydrogen-bond acceptors (Lipinski definition) is 7. The zero-order valence-electron chi connectivity index (χ0n) is 19.8. The number of hydrogen-bond donors (Lipinski definition) is 1. The lowest BCUT2D eigenvalue weighted by atomic mass is 9.86. The Morgan fingerprint density at radius 3 is 2.64 bits per heavy atom. The van der Waals surface area contributed by atoms with Crippen molar-refractivity contribution < 1.29 is 13.2 Å². The molecule has 2 fully saturated rings. The highest BCUT2D eigenvalue weighted by Gasteiger charge is 2.28. The standard InChI is InChI=1S/C24H37N5O3S/c1-28(24-22-8-11-25-23(22)26-18-27-24)21-6-4-20(5-7-21)17-33(30,31)15-3-12-29-13-9-19(10-14-29)16-32-2/h3,8,11-12,18-21H,4-7,9-10,13-17H2,1-2H3,(H,25,26,27)/t20-,21-. The molecule has 2 aromatic heterocycles. The molecule has 8 nitrogen and oxygen atoms in total. The number of ether oxygens (including phenoxy) is 1. The fourth-order valence-corrected chi connectivity index (χ4v) is 6.85. The zero-order valence-corrected chi connectivity index (χ0v) is 20.6. The van der Waals surface area contributed by atoms with Gasteiger partial charge in [-0.05, 0) is 62.6 Å². The molecule has 0 spiro atoms. The Bertz CT molecular complexity index is 1020. The monoisotopic (exact) mass is 475 g/mol. The number of piperidine rings is 1. The van der Waals surface area contributed by atoms with E-state index in [2.05, 4.69) is 31.8 Å². The smallest absolute Gasteiger partial charge is 0.154 e. The minimum absolute atomic E-state index is 0.136. The molecule has 0 radical (unpaired) electrons. The van der Waals surface area contributed by atoms with Gasteiger partial charge in [0.1, 0.15) is 17.8 Å². The number of anilines is 1. The predicted octanol–water partition coefficient (Wildman–Crippen LogP) is 3.24. The van der Waals surface area contributed by atoms with Gasteiger partial charge in [0.25, 0.3) is 0 Å². The Morgan fingerprint density at radius 2 is 1.91 bits per heavy atom. The summed E-state index contributed by atoms with van der Waals surface area (Å²) in [7, 11) is 0.749. The first-order valence-electron chi connectivity index (χ1n) is 12.1. The first kappa shape index (κ1) is 24.0. The molecular weight excluding hydrogens is 438 g/mol. The number of fused-ring (bicyclic) bond motifs is 1. The van der Waals surface area contributed by atoms with Crippen LogP contribution >= 0.6 is 0 Å². The van der Waals surface area contributed by atoms with Gasteiger partial charge in [-0.25, -0.2) is 18.4 Å². The third kappa shape index (κ3) is 6.26. The molecule has 2 aliphatic rings. The summed E-state index contributed by atoms with van der Waals surface area (Å²) in [6.07, 6.45) is 13.4. The SMILES string of the molecule is COCC1CCN(C=CCS(=O)(=O)C[C@H]2CC[C@H](N(C)c3ncnc4[nH]ccc34)CC2)CC1. The highest BCUT2D eigenvalue weighted by molar-refractivity contribution is 7.91. The lowest BCUT2D eigenvalue weighted by Crippen LogP contribution is -2.37. The van der Waals surface area contributed by atoms with E-state index in [1.807, 2.05) is 24.5 Å². The zero-order chi connectivity index (χ0) is 23.3. The van der Waals surface area contributed by atoms with Crippen molar-refractivity contribution in [3.05, 3.63) is 30.9 Å². The molecule has 0 atom stereocenters. The van der Waals surface area contributed by atoms with Gasteiger partial charge < -0.3 is 19.5 Å². The molecule has 3 heterocycles. The number of sulfone groups is 1. The molecule has 1 saturated carbocycles. The average Bonchev–Trinajstić information content (AvgIpc) is 3.29. The molecule has 0 amide bonds. The van der Waals surface area contributed by atoms with Crippen LogP contribution < -0.4 is 4.90 Å². The van der Waals surface area contributed by atoms with Crippen molar-refractivity contribution in [2.75, 3.05) is 50.3 Å². The summed E-state index contributed by atoms with van der Waals surface area (Å²) in [6.45, 7) is 2.77. The number of nitrogens with one attached hydrogen (secondary N) is 1. The number of nitrogens with zero attached hydrogens (tertiary/aromatic N) is 4. The minimum Gasteiger partial charge on any atom is -0.384 e. The van der Waals surface area contributed by atoms with Gasteiger partial charge >= 0.3 is 0 Å². The summed E-state index contributed by atoms with van der Waals surface area (Å²) in [5, 5.41) is 1.03. The topological polar surface area (TPSA) is 91.4 Å². The Morgan fingerprint density at radius 1 is 1.15 bits per heavy atom. The van der Waals surface area contributed by atoms with Crippen molar-refractivity contribution in [3.8, 4) is 0 Å². The average molecular weight is 476 g/mol. The van der Waals surface area contributed by atoms with E-state index in [1.54, 1.807) is 13.4 Å². The number of rotatable bonds is 9. The Labute approximate surface area is 197 Å². The van der Waals surface area contributed by atoms with Crippen LogP contribution in [-0.4, -0.2) is 79.7 Å². The van der Waals surface area contributed by atoms with Gasteiger partial charge in [-0.3, -0.25) is 0 Å². The van der Waals surface area contributed by atoms with Crippen LogP contribution in [0.25, 0.3) is 11.0 Å². The molecule has 0 bridgehead atoms. The van der Waals surface area contributed by atoms with E-state index in [0.717, 1.165) is 75.1 Å². The van der Waals surface area contributed by atoms with Gasteiger partial charge in [0.2, 0.25) is 0 Å². The number of H-pyrrole nitrogens is 1. The Hall–Kier alpha value is -2.13. The molecule has 2 aromatic rings. The van der Waals surface area contributed by atoms with Crippen molar-refractivity contribution in [3.63, 3.8) is 0 Å². The van der Waals surface area contributed by atoms with Crippen LogP contribution in [0.15, 0.2) is 30.9 Å². The molecule has 182 valence electrons. The lowest BCUT2D eigenvalue weighted by molar-refractivity contribution is 0.114. The van der Waals surface area contributed by atoms with E-state index in [4.69, 9.17) is 4.74 Å². The fraction of sp³-hybridized carbons (Fsp3) is 0.667. The van der Waals surface area contributed by atoms with Crippen molar-refractivity contribution in [2.24, 2.45) is 11.8 Å². The van der Waals surface area contributed by atoms with Crippen LogP contribution in [0.2, 0.25) is 0 Å². The highest BCUT2D eigenvalue weighted by atomic mass is 32.2. The fourth-order valence-electron chi connectivity index (χ4n) is 5.28. The van der Waals surface area contributed by atoms with E-state index in [0.29, 0.717) is 17.7 Å². The maximum absolute atomic E-state index is 12.7. The van der Waals surface area contributed by atoms with Gasteiger partial charge in [-0.1, -0.05) is 6.08 Å². The van der Waals surface area contributed by atoms with Gasteiger partial charge in [0.05, 0.1) is 16.9 Å². The van der Waals surface area contributed by atoms with Crippen molar-refractivity contribution in [1.29, 1.82) is 0 Å². The van der Waals surface area contributed by atoms with Crippen LogP contribution in [-0.2, 0) is 14.6 Å². The van der Waals surface area contributed by atoms with Gasteiger partial charge in [-0.2, -0.15) is 0 Å². The van der Waals surface area contributed by atoms with Crippen LogP contribution in [0.3, 0.4) is 0 Å². The van der Waals surface area contributed by atoms with Crippen molar-refractivity contribution in [2.45, 2.75) is 44.6 Å². The second-order valence-corrected chi connectivity index (χ2v) is 11.8. The molecule has 1 N–H and O–H groups in total. The largest absolute Gasteiger partial charge is 0.384 e. The second-order valence-electron chi connectivity index (χ2n) is 9.62. The maximum atomic E-state index is 12.7. The second kappa shape index (κ2) is 10.9.